The summed E-state index contributed by atoms with van der Waals surface area (Å²) in [5.74, 6) is 2.01. The zero-order valence-electron chi connectivity index (χ0n) is 9.14. The molecular weight excluding hydrogens is 176 g/mol. The summed E-state index contributed by atoms with van der Waals surface area (Å²) in [6, 6.07) is 1.34. The van der Waals surface area contributed by atoms with Gasteiger partial charge in [0.1, 0.15) is 0 Å². The first kappa shape index (κ1) is 9.72. The number of rotatable bonds is 3. The second-order valence-corrected chi connectivity index (χ2v) is 12.0. The number of hydrogen-bond acceptors (Lipinski definition) is 1. The van der Waals surface area contributed by atoms with E-state index in [0.717, 1.165) is 11.8 Å². The lowest BCUT2D eigenvalue weighted by Crippen LogP contribution is -2.34. The summed E-state index contributed by atoms with van der Waals surface area (Å²) in [5, 5.41) is 9.54. The highest BCUT2D eigenvalue weighted by molar-refractivity contribution is 6.76. The van der Waals surface area contributed by atoms with E-state index in [4.69, 9.17) is 0 Å². The van der Waals surface area contributed by atoms with Gasteiger partial charge in [0.2, 0.25) is 0 Å². The number of hydrogen-bond donors (Lipinski definition) is 1. The van der Waals surface area contributed by atoms with Crippen LogP contribution in [-0.4, -0.2) is 19.8 Å². The minimum absolute atomic E-state index is 0.359. The van der Waals surface area contributed by atoms with E-state index in [1.807, 2.05) is 0 Å². The quantitative estimate of drug-likeness (QED) is 0.691. The summed E-state index contributed by atoms with van der Waals surface area (Å²) in [4.78, 5) is 0. The Bertz CT molecular complexity index is 197. The van der Waals surface area contributed by atoms with E-state index in [0.29, 0.717) is 12.0 Å². The van der Waals surface area contributed by atoms with Gasteiger partial charge in [-0.1, -0.05) is 19.6 Å². The molecule has 0 radical (unpaired) electrons. The van der Waals surface area contributed by atoms with Crippen molar-refractivity contribution in [1.29, 1.82) is 0 Å². The second-order valence-electron chi connectivity index (χ2n) is 6.56. The summed E-state index contributed by atoms with van der Waals surface area (Å²) in [7, 11) is -0.985. The molecule has 0 aromatic heterocycles. The van der Waals surface area contributed by atoms with E-state index in [-0.39, 0.29) is 0 Å². The smallest absolute Gasteiger partial charge is 0.0484 e. The summed E-state index contributed by atoms with van der Waals surface area (Å²) in [6.07, 6.45) is 4.13. The Hall–Kier alpha value is 0.177. The summed E-state index contributed by atoms with van der Waals surface area (Å²) >= 11 is 0. The van der Waals surface area contributed by atoms with Crippen LogP contribution in [-0.2, 0) is 0 Å². The van der Waals surface area contributed by atoms with Gasteiger partial charge in [-0.15, -0.1) is 0 Å². The Morgan fingerprint density at radius 1 is 1.23 bits per heavy atom. The van der Waals surface area contributed by atoms with Crippen molar-refractivity contribution in [2.75, 3.05) is 6.61 Å². The highest BCUT2D eigenvalue weighted by atomic mass is 28.3. The fourth-order valence-corrected chi connectivity index (χ4v) is 6.11. The lowest BCUT2D eigenvalue weighted by molar-refractivity contribution is 0.134. The maximum Gasteiger partial charge on any atom is 0.0484 e. The Balaban J connectivity index is 2.00. The molecule has 1 nitrogen and oxygen atoms in total. The monoisotopic (exact) mass is 198 g/mol. The van der Waals surface area contributed by atoms with Gasteiger partial charge in [-0.2, -0.15) is 0 Å². The van der Waals surface area contributed by atoms with Gasteiger partial charge in [0, 0.05) is 14.7 Å². The van der Waals surface area contributed by atoms with Crippen LogP contribution in [0.2, 0.25) is 25.7 Å². The van der Waals surface area contributed by atoms with Crippen molar-refractivity contribution in [3.8, 4) is 0 Å². The molecule has 2 atom stereocenters. The molecule has 0 saturated heterocycles. The van der Waals surface area contributed by atoms with Crippen molar-refractivity contribution in [3.63, 3.8) is 0 Å². The normalized spacial score (nSPS) is 43.4. The molecule has 0 aliphatic heterocycles. The molecule has 2 saturated carbocycles. The zero-order chi connectivity index (χ0) is 9.69. The van der Waals surface area contributed by atoms with E-state index in [1.165, 1.54) is 25.3 Å². The molecule has 0 amide bonds. The maximum atomic E-state index is 9.54. The van der Waals surface area contributed by atoms with Gasteiger partial charge in [-0.05, 0) is 42.6 Å². The Labute approximate surface area is 82.6 Å². The topological polar surface area (TPSA) is 20.2 Å². The molecule has 0 spiro atoms. The average molecular weight is 198 g/mol. The third-order valence-electron chi connectivity index (χ3n) is 3.70. The van der Waals surface area contributed by atoms with E-state index < -0.39 is 8.07 Å². The lowest BCUT2D eigenvalue weighted by Gasteiger charge is -2.34. The summed E-state index contributed by atoms with van der Waals surface area (Å²) in [6.45, 7) is 7.72. The predicted octanol–water partition coefficient (Wildman–Crippen LogP) is 2.73. The van der Waals surface area contributed by atoms with Gasteiger partial charge in [0.05, 0.1) is 0 Å². The van der Waals surface area contributed by atoms with Crippen molar-refractivity contribution in [1.82, 2.24) is 0 Å². The molecule has 0 aromatic carbocycles. The SMILES string of the molecule is C[Si](C)(C)CC1(CO)CC2CC2C1. The third kappa shape index (κ3) is 1.99. The lowest BCUT2D eigenvalue weighted by atomic mass is 9.86. The van der Waals surface area contributed by atoms with Crippen molar-refractivity contribution >= 4 is 8.07 Å². The minimum Gasteiger partial charge on any atom is -0.396 e. The van der Waals surface area contributed by atoms with Gasteiger partial charge < -0.3 is 5.11 Å². The molecule has 13 heavy (non-hydrogen) atoms. The largest absolute Gasteiger partial charge is 0.396 e. The highest BCUT2D eigenvalue weighted by Crippen LogP contribution is 2.61. The van der Waals surface area contributed by atoms with Crippen LogP contribution in [0.5, 0.6) is 0 Å². The van der Waals surface area contributed by atoms with Gasteiger partial charge in [0.15, 0.2) is 0 Å². The molecule has 1 N–H and O–H groups in total. The fourth-order valence-electron chi connectivity index (χ4n) is 3.46. The number of aliphatic hydroxyl groups excluding tert-OH is 1. The molecule has 2 fully saturated rings. The predicted molar refractivity (Wildman–Crippen MR) is 58.5 cm³/mol. The first-order chi connectivity index (χ1) is 5.94. The first-order valence-corrected chi connectivity index (χ1v) is 9.26. The summed E-state index contributed by atoms with van der Waals surface area (Å²) in [5.41, 5.74) is 0.359. The van der Waals surface area contributed by atoms with Crippen LogP contribution >= 0.6 is 0 Å². The van der Waals surface area contributed by atoms with Crippen molar-refractivity contribution < 1.29 is 5.11 Å². The maximum absolute atomic E-state index is 9.54. The van der Waals surface area contributed by atoms with Crippen LogP contribution in [0.25, 0.3) is 0 Å². The molecule has 2 aliphatic carbocycles. The van der Waals surface area contributed by atoms with Gasteiger partial charge in [-0.25, -0.2) is 0 Å². The standard InChI is InChI=1S/C11H22OSi/c1-13(2,3)8-11(7-12)5-9-4-10(9)6-11/h9-10,12H,4-8H2,1-3H3. The number of aliphatic hydroxyl groups is 1. The Kier molecular flexibility index (Phi) is 2.12. The van der Waals surface area contributed by atoms with Crippen LogP contribution < -0.4 is 0 Å². The Morgan fingerprint density at radius 2 is 1.77 bits per heavy atom. The van der Waals surface area contributed by atoms with Crippen LogP contribution in [0.1, 0.15) is 19.3 Å². The van der Waals surface area contributed by atoms with E-state index in [2.05, 4.69) is 19.6 Å². The van der Waals surface area contributed by atoms with Crippen LogP contribution in [0.4, 0.5) is 0 Å². The van der Waals surface area contributed by atoms with E-state index >= 15 is 0 Å². The van der Waals surface area contributed by atoms with Crippen LogP contribution in [0.3, 0.4) is 0 Å². The molecule has 0 heterocycles. The highest BCUT2D eigenvalue weighted by Gasteiger charge is 2.54. The zero-order valence-corrected chi connectivity index (χ0v) is 10.1. The van der Waals surface area contributed by atoms with Gasteiger partial charge >= 0.3 is 0 Å². The van der Waals surface area contributed by atoms with Crippen molar-refractivity contribution in [3.05, 3.63) is 0 Å². The van der Waals surface area contributed by atoms with E-state index in [1.54, 1.807) is 0 Å². The minimum atomic E-state index is -0.985. The second kappa shape index (κ2) is 2.83. The molecule has 0 bridgehead atoms. The van der Waals surface area contributed by atoms with Gasteiger partial charge in [0.25, 0.3) is 0 Å². The molecule has 2 unspecified atom stereocenters. The fraction of sp³-hybridized carbons (Fsp3) is 1.00. The van der Waals surface area contributed by atoms with Crippen molar-refractivity contribution in [2.24, 2.45) is 17.3 Å². The van der Waals surface area contributed by atoms with E-state index in [9.17, 15) is 5.11 Å². The molecule has 76 valence electrons. The molecule has 2 aliphatic rings. The molecular formula is C11H22OSi. The van der Waals surface area contributed by atoms with Crippen LogP contribution in [0.15, 0.2) is 0 Å². The summed E-state index contributed by atoms with van der Waals surface area (Å²) < 4.78 is 0. The molecule has 2 heteroatoms. The third-order valence-corrected chi connectivity index (χ3v) is 5.51. The van der Waals surface area contributed by atoms with Crippen molar-refractivity contribution in [2.45, 2.75) is 44.9 Å². The molecule has 0 aromatic rings. The Morgan fingerprint density at radius 3 is 2.15 bits per heavy atom. The average Bonchev–Trinajstić information content (AvgIpc) is 2.57. The van der Waals surface area contributed by atoms with Crippen LogP contribution in [0, 0.1) is 17.3 Å². The first-order valence-electron chi connectivity index (χ1n) is 5.55. The number of fused-ring (bicyclic) bond motifs is 1. The van der Waals surface area contributed by atoms with Gasteiger partial charge in [-0.3, -0.25) is 0 Å². The molecule has 2 rings (SSSR count).